The molecule has 18 heavy (non-hydrogen) atoms. The molecule has 1 amide bonds. The molecule has 2 atom stereocenters. The monoisotopic (exact) mass is 259 g/mol. The highest BCUT2D eigenvalue weighted by Crippen LogP contribution is 2.21. The molecule has 0 aromatic heterocycles. The Morgan fingerprint density at radius 1 is 1.17 bits per heavy atom. The lowest BCUT2D eigenvalue weighted by Gasteiger charge is -2.33. The molecule has 0 fully saturated rings. The molecule has 0 aromatic carbocycles. The van der Waals surface area contributed by atoms with E-state index in [4.69, 9.17) is 4.74 Å². The topological polar surface area (TPSA) is 66.8 Å². The van der Waals surface area contributed by atoms with Crippen LogP contribution >= 0.6 is 0 Å². The van der Waals surface area contributed by atoms with Gasteiger partial charge < -0.3 is 9.84 Å². The Morgan fingerprint density at radius 3 is 1.89 bits per heavy atom. The van der Waals surface area contributed by atoms with Crippen LogP contribution in [0.4, 0.5) is 4.79 Å². The third-order valence-electron chi connectivity index (χ3n) is 2.90. The van der Waals surface area contributed by atoms with Crippen molar-refractivity contribution in [2.45, 2.75) is 53.2 Å². The van der Waals surface area contributed by atoms with E-state index in [0.29, 0.717) is 0 Å². The molecule has 0 aliphatic rings. The summed E-state index contributed by atoms with van der Waals surface area (Å²) in [6.07, 6.45) is -0.609. The van der Waals surface area contributed by atoms with E-state index in [1.165, 1.54) is 7.05 Å². The summed E-state index contributed by atoms with van der Waals surface area (Å²) in [4.78, 5) is 24.3. The zero-order valence-corrected chi connectivity index (χ0v) is 12.4. The molecule has 0 unspecified atom stereocenters. The van der Waals surface area contributed by atoms with Gasteiger partial charge in [0.1, 0.15) is 11.6 Å². The highest BCUT2D eigenvalue weighted by molar-refractivity contribution is 5.80. The maximum atomic E-state index is 11.9. The van der Waals surface area contributed by atoms with E-state index >= 15 is 0 Å². The second-order valence-corrected chi connectivity index (χ2v) is 5.98. The summed E-state index contributed by atoms with van der Waals surface area (Å²) in [5, 5.41) is 9.26. The molecule has 0 rings (SSSR count). The zero-order chi connectivity index (χ0) is 14.7. The van der Waals surface area contributed by atoms with Crippen LogP contribution in [0.15, 0.2) is 0 Å². The maximum Gasteiger partial charge on any atom is 0.410 e. The van der Waals surface area contributed by atoms with Gasteiger partial charge in [-0.2, -0.15) is 0 Å². The first-order valence-electron chi connectivity index (χ1n) is 6.16. The van der Waals surface area contributed by atoms with Gasteiger partial charge in [-0.25, -0.2) is 9.59 Å². The maximum absolute atomic E-state index is 11.9. The molecule has 0 heterocycles. The summed E-state index contributed by atoms with van der Waals surface area (Å²) in [5.74, 6) is -0.999. The number of carbonyl (C=O) groups is 2. The van der Waals surface area contributed by atoms with Crippen molar-refractivity contribution in [2.75, 3.05) is 7.05 Å². The van der Waals surface area contributed by atoms with Crippen molar-refractivity contribution < 1.29 is 19.4 Å². The van der Waals surface area contributed by atoms with Gasteiger partial charge in [-0.1, -0.05) is 20.8 Å². The quantitative estimate of drug-likeness (QED) is 0.842. The normalized spacial score (nSPS) is 15.1. The molecular formula is C13H25NO4. The minimum absolute atomic E-state index is 0.153. The molecule has 0 aliphatic carbocycles. The number of likely N-dealkylation sites (N-methyl/N-ethyl adjacent to an activating group) is 1. The fourth-order valence-corrected chi connectivity index (χ4v) is 1.56. The van der Waals surface area contributed by atoms with Crippen LogP contribution in [-0.2, 0) is 9.53 Å². The largest absolute Gasteiger partial charge is 0.480 e. The first-order chi connectivity index (χ1) is 7.97. The summed E-state index contributed by atoms with van der Waals surface area (Å²) in [7, 11) is 1.46. The summed E-state index contributed by atoms with van der Waals surface area (Å²) in [6.45, 7) is 10.9. The summed E-state index contributed by atoms with van der Waals surface area (Å²) in [6, 6.07) is -0.875. The van der Waals surface area contributed by atoms with Crippen molar-refractivity contribution in [3.63, 3.8) is 0 Å². The molecule has 1 N–H and O–H groups in total. The number of ether oxygens (including phenoxy) is 1. The van der Waals surface area contributed by atoms with Crippen molar-refractivity contribution >= 4 is 12.1 Å². The van der Waals surface area contributed by atoms with Crippen LogP contribution in [0.5, 0.6) is 0 Å². The van der Waals surface area contributed by atoms with Crippen LogP contribution < -0.4 is 0 Å². The summed E-state index contributed by atoms with van der Waals surface area (Å²) < 4.78 is 5.18. The number of carboxylic acids is 1. The Labute approximate surface area is 109 Å². The number of carboxylic acid groups (broad SMARTS) is 1. The number of nitrogens with zero attached hydrogens (tertiary/aromatic N) is 1. The predicted molar refractivity (Wildman–Crippen MR) is 69.4 cm³/mol. The van der Waals surface area contributed by atoms with E-state index in [9.17, 15) is 14.7 Å². The average Bonchev–Trinajstić information content (AvgIpc) is 2.13. The third-order valence-corrected chi connectivity index (χ3v) is 2.90. The Hall–Kier alpha value is -1.26. The molecule has 0 aromatic rings. The molecule has 0 saturated heterocycles. The van der Waals surface area contributed by atoms with Crippen LogP contribution in [0.25, 0.3) is 0 Å². The first kappa shape index (κ1) is 16.7. The highest BCUT2D eigenvalue weighted by atomic mass is 16.6. The fourth-order valence-electron chi connectivity index (χ4n) is 1.56. The van der Waals surface area contributed by atoms with Gasteiger partial charge in [-0.05, 0) is 32.6 Å². The Bertz CT molecular complexity index is 307. The number of rotatable bonds is 4. The van der Waals surface area contributed by atoms with Crippen LogP contribution in [0.1, 0.15) is 41.5 Å². The summed E-state index contributed by atoms with van der Waals surface area (Å²) in [5.41, 5.74) is -0.629. The molecule has 5 heteroatoms. The number of amides is 1. The van der Waals surface area contributed by atoms with Crippen LogP contribution in [0.3, 0.4) is 0 Å². The van der Waals surface area contributed by atoms with E-state index in [2.05, 4.69) is 0 Å². The number of carbonyl (C=O) groups excluding carboxylic acids is 1. The Balaban J connectivity index is 4.93. The predicted octanol–water partition coefficient (Wildman–Crippen LogP) is 2.60. The molecular weight excluding hydrogens is 234 g/mol. The lowest BCUT2D eigenvalue weighted by molar-refractivity contribution is -0.145. The van der Waals surface area contributed by atoms with Crippen molar-refractivity contribution in [1.82, 2.24) is 4.90 Å². The van der Waals surface area contributed by atoms with Crippen molar-refractivity contribution in [3.05, 3.63) is 0 Å². The van der Waals surface area contributed by atoms with E-state index in [1.807, 2.05) is 20.8 Å². The summed E-state index contributed by atoms with van der Waals surface area (Å²) >= 11 is 0. The zero-order valence-electron chi connectivity index (χ0n) is 12.4. The highest BCUT2D eigenvalue weighted by Gasteiger charge is 2.35. The second-order valence-electron chi connectivity index (χ2n) is 5.98. The third kappa shape index (κ3) is 4.94. The molecule has 0 bridgehead atoms. The first-order valence-corrected chi connectivity index (χ1v) is 6.16. The smallest absolute Gasteiger partial charge is 0.410 e. The standard InChI is InChI=1S/C13H25NO4/c1-8(2)9(3)10(11(15)16)14(7)12(17)18-13(4,5)6/h8-10H,1-7H3,(H,15,16)/t9-,10+/m1/s1. The van der Waals surface area contributed by atoms with Gasteiger partial charge in [0, 0.05) is 7.05 Å². The Morgan fingerprint density at radius 2 is 1.61 bits per heavy atom. The Kier molecular flexibility index (Phi) is 5.64. The number of hydrogen-bond acceptors (Lipinski definition) is 3. The fraction of sp³-hybridized carbons (Fsp3) is 0.846. The van der Waals surface area contributed by atoms with Crippen LogP contribution in [-0.4, -0.2) is 40.8 Å². The van der Waals surface area contributed by atoms with Crippen molar-refractivity contribution in [1.29, 1.82) is 0 Å². The SMILES string of the molecule is CC(C)[C@@H](C)[C@@H](C(=O)O)N(C)C(=O)OC(C)(C)C. The van der Waals surface area contributed by atoms with Crippen LogP contribution in [0.2, 0.25) is 0 Å². The van der Waals surface area contributed by atoms with E-state index in [-0.39, 0.29) is 11.8 Å². The van der Waals surface area contributed by atoms with E-state index in [0.717, 1.165) is 4.90 Å². The second kappa shape index (κ2) is 6.07. The molecule has 5 nitrogen and oxygen atoms in total. The molecule has 0 spiro atoms. The molecule has 0 saturated carbocycles. The minimum Gasteiger partial charge on any atom is -0.480 e. The number of aliphatic carboxylic acids is 1. The van der Waals surface area contributed by atoms with Crippen molar-refractivity contribution in [2.24, 2.45) is 11.8 Å². The molecule has 106 valence electrons. The van der Waals surface area contributed by atoms with E-state index in [1.54, 1.807) is 20.8 Å². The van der Waals surface area contributed by atoms with Gasteiger partial charge in [0.2, 0.25) is 0 Å². The van der Waals surface area contributed by atoms with E-state index < -0.39 is 23.7 Å². The minimum atomic E-state index is -1.01. The molecule has 0 radical (unpaired) electrons. The van der Waals surface area contributed by atoms with Gasteiger partial charge in [0.05, 0.1) is 0 Å². The van der Waals surface area contributed by atoms with Gasteiger partial charge in [0.25, 0.3) is 0 Å². The van der Waals surface area contributed by atoms with Gasteiger partial charge in [-0.15, -0.1) is 0 Å². The number of hydrogen-bond donors (Lipinski definition) is 1. The lowest BCUT2D eigenvalue weighted by atomic mass is 9.89. The van der Waals surface area contributed by atoms with Gasteiger partial charge >= 0.3 is 12.1 Å². The van der Waals surface area contributed by atoms with Gasteiger partial charge in [0.15, 0.2) is 0 Å². The van der Waals surface area contributed by atoms with Crippen molar-refractivity contribution in [3.8, 4) is 0 Å². The average molecular weight is 259 g/mol. The van der Waals surface area contributed by atoms with Gasteiger partial charge in [-0.3, -0.25) is 4.90 Å². The van der Waals surface area contributed by atoms with Crippen LogP contribution in [0, 0.1) is 11.8 Å². The lowest BCUT2D eigenvalue weighted by Crippen LogP contribution is -2.49. The molecule has 0 aliphatic heterocycles.